The van der Waals surface area contributed by atoms with Gasteiger partial charge >= 0.3 is 0 Å². The molecule has 1 fully saturated rings. The molecule has 3 nitrogen and oxygen atoms in total. The van der Waals surface area contributed by atoms with Crippen LogP contribution in [0.15, 0.2) is 12.4 Å². The summed E-state index contributed by atoms with van der Waals surface area (Å²) in [6, 6.07) is 0. The summed E-state index contributed by atoms with van der Waals surface area (Å²) in [7, 11) is 0. The van der Waals surface area contributed by atoms with Crippen molar-refractivity contribution in [2.45, 2.75) is 32.1 Å². The summed E-state index contributed by atoms with van der Waals surface area (Å²) in [6.07, 6.45) is 7.81. The molecule has 3 heteroatoms. The Morgan fingerprint density at radius 1 is 1.43 bits per heavy atom. The average Bonchev–Trinajstić information content (AvgIpc) is 3.00. The fourth-order valence-corrected chi connectivity index (χ4v) is 1.74. The van der Waals surface area contributed by atoms with Crippen molar-refractivity contribution < 1.29 is 0 Å². The largest absolute Gasteiger partial charge is 0.330 e. The van der Waals surface area contributed by atoms with Crippen LogP contribution in [0, 0.1) is 12.8 Å². The lowest BCUT2D eigenvalue weighted by molar-refractivity contribution is 0.581. The third kappa shape index (κ3) is 2.29. The van der Waals surface area contributed by atoms with Gasteiger partial charge in [0.1, 0.15) is 5.82 Å². The van der Waals surface area contributed by atoms with Gasteiger partial charge in [0.15, 0.2) is 0 Å². The number of hydrogen-bond acceptors (Lipinski definition) is 3. The van der Waals surface area contributed by atoms with E-state index in [0.717, 1.165) is 11.7 Å². The number of aryl methyl sites for hydroxylation is 1. The first kappa shape index (κ1) is 9.59. The molecule has 0 radical (unpaired) electrons. The molecule has 14 heavy (non-hydrogen) atoms. The van der Waals surface area contributed by atoms with E-state index in [1.807, 2.05) is 19.3 Å². The van der Waals surface area contributed by atoms with Crippen LogP contribution >= 0.6 is 0 Å². The Morgan fingerprint density at radius 3 is 2.57 bits per heavy atom. The van der Waals surface area contributed by atoms with Crippen molar-refractivity contribution in [3.05, 3.63) is 23.8 Å². The van der Waals surface area contributed by atoms with E-state index in [1.54, 1.807) is 0 Å². The Kier molecular flexibility index (Phi) is 2.77. The number of nitrogens with zero attached hydrogens (tertiary/aromatic N) is 2. The van der Waals surface area contributed by atoms with E-state index in [1.165, 1.54) is 24.8 Å². The van der Waals surface area contributed by atoms with Gasteiger partial charge in [0.2, 0.25) is 0 Å². The molecule has 2 rings (SSSR count). The minimum atomic E-state index is 0.461. The van der Waals surface area contributed by atoms with E-state index in [2.05, 4.69) is 9.97 Å². The van der Waals surface area contributed by atoms with Crippen molar-refractivity contribution in [1.82, 2.24) is 9.97 Å². The van der Waals surface area contributed by atoms with Crippen LogP contribution in [0.1, 0.15) is 36.6 Å². The summed E-state index contributed by atoms with van der Waals surface area (Å²) in [5, 5.41) is 0. The predicted molar refractivity (Wildman–Crippen MR) is 55.9 cm³/mol. The molecule has 1 aliphatic carbocycles. The van der Waals surface area contributed by atoms with Crippen LogP contribution in [0.25, 0.3) is 0 Å². The first-order chi connectivity index (χ1) is 6.79. The first-order valence-electron chi connectivity index (χ1n) is 5.28. The Hall–Kier alpha value is -0.960. The molecular formula is C11H17N3. The Bertz CT molecular complexity index is 290. The zero-order valence-electron chi connectivity index (χ0n) is 8.61. The minimum Gasteiger partial charge on any atom is -0.330 e. The number of nitrogens with two attached hydrogens (primary N) is 1. The molecule has 0 saturated heterocycles. The smallest absolute Gasteiger partial charge is 0.125 e. The molecule has 0 bridgehead atoms. The highest BCUT2D eigenvalue weighted by molar-refractivity contribution is 5.12. The van der Waals surface area contributed by atoms with Crippen LogP contribution < -0.4 is 5.73 Å². The summed E-state index contributed by atoms with van der Waals surface area (Å²) in [5.41, 5.74) is 6.96. The normalized spacial score (nSPS) is 18.1. The summed E-state index contributed by atoms with van der Waals surface area (Å²) < 4.78 is 0. The minimum absolute atomic E-state index is 0.461. The van der Waals surface area contributed by atoms with Crippen LogP contribution in [0.3, 0.4) is 0 Å². The van der Waals surface area contributed by atoms with E-state index in [9.17, 15) is 0 Å². The average molecular weight is 191 g/mol. The van der Waals surface area contributed by atoms with Gasteiger partial charge < -0.3 is 5.73 Å². The van der Waals surface area contributed by atoms with Gasteiger partial charge in [-0.3, -0.25) is 0 Å². The second-order valence-electron chi connectivity index (χ2n) is 4.18. The maximum Gasteiger partial charge on any atom is 0.125 e. The molecule has 1 aliphatic rings. The molecule has 0 spiro atoms. The molecule has 0 amide bonds. The summed E-state index contributed by atoms with van der Waals surface area (Å²) >= 11 is 0. The van der Waals surface area contributed by atoms with E-state index in [-0.39, 0.29) is 0 Å². The molecule has 0 aliphatic heterocycles. The summed E-state index contributed by atoms with van der Waals surface area (Å²) in [4.78, 5) is 8.42. The molecule has 1 atom stereocenters. The molecule has 1 heterocycles. The zero-order valence-corrected chi connectivity index (χ0v) is 8.61. The van der Waals surface area contributed by atoms with Gasteiger partial charge in [-0.1, -0.05) is 12.8 Å². The van der Waals surface area contributed by atoms with Crippen molar-refractivity contribution in [3.63, 3.8) is 0 Å². The third-order valence-corrected chi connectivity index (χ3v) is 2.87. The lowest BCUT2D eigenvalue weighted by Crippen LogP contribution is -2.14. The standard InChI is InChI=1S/C11H17N3/c1-8-13-6-11(7-14-8)10(5-12)4-9-2-3-9/h6-7,9-10H,2-5,12H2,1H3/t10-/m0/s1. The van der Waals surface area contributed by atoms with E-state index < -0.39 is 0 Å². The zero-order chi connectivity index (χ0) is 9.97. The molecule has 76 valence electrons. The second-order valence-corrected chi connectivity index (χ2v) is 4.18. The Morgan fingerprint density at radius 2 is 2.07 bits per heavy atom. The van der Waals surface area contributed by atoms with Crippen molar-refractivity contribution in [2.24, 2.45) is 11.7 Å². The first-order valence-corrected chi connectivity index (χ1v) is 5.28. The van der Waals surface area contributed by atoms with E-state index in [0.29, 0.717) is 12.5 Å². The lowest BCUT2D eigenvalue weighted by Gasteiger charge is -2.13. The maximum absolute atomic E-state index is 5.76. The number of rotatable bonds is 4. The topological polar surface area (TPSA) is 51.8 Å². The maximum atomic E-state index is 5.76. The Balaban J connectivity index is 2.05. The molecule has 1 aromatic rings. The summed E-state index contributed by atoms with van der Waals surface area (Å²) in [5.74, 6) is 2.20. The molecule has 1 saturated carbocycles. The van der Waals surface area contributed by atoms with Gasteiger partial charge in [-0.05, 0) is 37.3 Å². The van der Waals surface area contributed by atoms with Crippen LogP contribution in [-0.4, -0.2) is 16.5 Å². The fraction of sp³-hybridized carbons (Fsp3) is 0.636. The van der Waals surface area contributed by atoms with Crippen LogP contribution in [-0.2, 0) is 0 Å². The van der Waals surface area contributed by atoms with Crippen molar-refractivity contribution >= 4 is 0 Å². The number of hydrogen-bond donors (Lipinski definition) is 1. The van der Waals surface area contributed by atoms with Gasteiger partial charge in [0, 0.05) is 12.4 Å². The van der Waals surface area contributed by atoms with Crippen molar-refractivity contribution in [1.29, 1.82) is 0 Å². The van der Waals surface area contributed by atoms with Gasteiger partial charge in [0.05, 0.1) is 0 Å². The van der Waals surface area contributed by atoms with Gasteiger partial charge in [0.25, 0.3) is 0 Å². The van der Waals surface area contributed by atoms with E-state index >= 15 is 0 Å². The molecular weight excluding hydrogens is 174 g/mol. The third-order valence-electron chi connectivity index (χ3n) is 2.87. The van der Waals surface area contributed by atoms with Crippen molar-refractivity contribution in [3.8, 4) is 0 Å². The monoisotopic (exact) mass is 191 g/mol. The second kappa shape index (κ2) is 4.05. The van der Waals surface area contributed by atoms with Gasteiger partial charge in [-0.15, -0.1) is 0 Å². The molecule has 0 aromatic carbocycles. The van der Waals surface area contributed by atoms with E-state index in [4.69, 9.17) is 5.73 Å². The predicted octanol–water partition coefficient (Wildman–Crippen LogP) is 1.63. The SMILES string of the molecule is Cc1ncc([C@H](CN)CC2CC2)cn1. The lowest BCUT2D eigenvalue weighted by atomic mass is 9.96. The molecule has 0 unspecified atom stereocenters. The van der Waals surface area contributed by atoms with Crippen molar-refractivity contribution in [2.75, 3.05) is 6.54 Å². The van der Waals surface area contributed by atoms with Crippen LogP contribution in [0.2, 0.25) is 0 Å². The molecule has 2 N–H and O–H groups in total. The van der Waals surface area contributed by atoms with Crippen LogP contribution in [0.4, 0.5) is 0 Å². The quantitative estimate of drug-likeness (QED) is 0.787. The summed E-state index contributed by atoms with van der Waals surface area (Å²) in [6.45, 7) is 2.62. The highest BCUT2D eigenvalue weighted by atomic mass is 14.8. The Labute approximate surface area is 84.8 Å². The highest BCUT2D eigenvalue weighted by Gasteiger charge is 2.25. The van der Waals surface area contributed by atoms with Gasteiger partial charge in [-0.25, -0.2) is 9.97 Å². The highest BCUT2D eigenvalue weighted by Crippen LogP contribution is 2.37. The fourth-order valence-electron chi connectivity index (χ4n) is 1.74. The van der Waals surface area contributed by atoms with Crippen LogP contribution in [0.5, 0.6) is 0 Å². The van der Waals surface area contributed by atoms with Gasteiger partial charge in [-0.2, -0.15) is 0 Å². The number of aromatic nitrogens is 2. The molecule has 1 aromatic heterocycles.